The van der Waals surface area contributed by atoms with Crippen molar-refractivity contribution < 1.29 is 19.0 Å². The minimum absolute atomic E-state index is 0.0936. The third-order valence-electron chi connectivity index (χ3n) is 6.19. The number of carbonyl (C=O) groups is 1. The highest BCUT2D eigenvalue weighted by molar-refractivity contribution is 5.98. The number of hydrogen-bond acceptors (Lipinski definition) is 7. The molecule has 0 saturated carbocycles. The molecule has 1 aromatic heterocycles. The molecule has 33 heavy (non-hydrogen) atoms. The third kappa shape index (κ3) is 5.69. The molecule has 2 aliphatic heterocycles. The van der Waals surface area contributed by atoms with Crippen LogP contribution in [0.25, 0.3) is 0 Å². The highest BCUT2D eigenvalue weighted by Crippen LogP contribution is 2.30. The molecule has 1 amide bonds. The van der Waals surface area contributed by atoms with E-state index in [0.29, 0.717) is 36.1 Å². The number of rotatable bonds is 9. The Balaban J connectivity index is 1.35. The fourth-order valence-corrected chi connectivity index (χ4v) is 4.48. The van der Waals surface area contributed by atoms with Gasteiger partial charge >= 0.3 is 0 Å². The predicted molar refractivity (Wildman–Crippen MR) is 124 cm³/mol. The number of amides is 1. The highest BCUT2D eigenvalue weighted by atomic mass is 16.5. The maximum Gasteiger partial charge on any atom is 0.262 e. The smallest absolute Gasteiger partial charge is 0.262 e. The molecule has 0 aliphatic carbocycles. The SMILES string of the molecule is COCC1=COc2ccc(OC)cc2C(=O)N1CCCCN1CCCC(c2ncccn2)C1. The summed E-state index contributed by atoms with van der Waals surface area (Å²) in [5.41, 5.74) is 1.22. The number of benzene rings is 1. The van der Waals surface area contributed by atoms with Crippen molar-refractivity contribution in [3.05, 3.63) is 60.0 Å². The summed E-state index contributed by atoms with van der Waals surface area (Å²) in [6, 6.07) is 7.14. The molecule has 3 heterocycles. The van der Waals surface area contributed by atoms with E-state index in [9.17, 15) is 4.79 Å². The largest absolute Gasteiger partial charge is 0.497 e. The van der Waals surface area contributed by atoms with Gasteiger partial charge in [0, 0.05) is 38.5 Å². The molecule has 8 nitrogen and oxygen atoms in total. The molecule has 1 atom stereocenters. The standard InChI is InChI=1S/C25H32N4O4/c1-31-17-20-18-33-23-9-8-21(32-2)15-22(23)25(30)29(20)14-4-3-12-28-13-5-7-19(16-28)24-26-10-6-11-27-24/h6,8-11,15,18-19H,3-5,7,12-14,16-17H2,1-2H3. The van der Waals surface area contributed by atoms with Crippen LogP contribution in [0.3, 0.4) is 0 Å². The van der Waals surface area contributed by atoms with Gasteiger partial charge in [0.15, 0.2) is 0 Å². The lowest BCUT2D eigenvalue weighted by Crippen LogP contribution is -2.36. The summed E-state index contributed by atoms with van der Waals surface area (Å²) in [5, 5.41) is 0. The van der Waals surface area contributed by atoms with Crippen LogP contribution < -0.4 is 9.47 Å². The van der Waals surface area contributed by atoms with Crippen molar-refractivity contribution in [2.75, 3.05) is 47.0 Å². The second kappa shape index (κ2) is 11.2. The third-order valence-corrected chi connectivity index (χ3v) is 6.19. The monoisotopic (exact) mass is 452 g/mol. The van der Waals surface area contributed by atoms with Crippen LogP contribution in [0.4, 0.5) is 0 Å². The Kier molecular flexibility index (Phi) is 7.91. The Hall–Kier alpha value is -2.97. The summed E-state index contributed by atoms with van der Waals surface area (Å²) in [6.07, 6.45) is 9.44. The molecule has 2 aliphatic rings. The molecule has 0 spiro atoms. The zero-order valence-corrected chi connectivity index (χ0v) is 19.4. The Bertz CT molecular complexity index is 966. The summed E-state index contributed by atoms with van der Waals surface area (Å²) < 4.78 is 16.4. The van der Waals surface area contributed by atoms with Gasteiger partial charge in [-0.3, -0.25) is 4.79 Å². The van der Waals surface area contributed by atoms with E-state index in [1.165, 1.54) is 0 Å². The molecule has 0 radical (unpaired) electrons. The van der Waals surface area contributed by atoms with E-state index in [2.05, 4.69) is 14.9 Å². The molecule has 1 fully saturated rings. The summed E-state index contributed by atoms with van der Waals surface area (Å²) in [5.74, 6) is 2.40. The van der Waals surface area contributed by atoms with Gasteiger partial charge < -0.3 is 24.0 Å². The second-order valence-electron chi connectivity index (χ2n) is 8.43. The van der Waals surface area contributed by atoms with Crippen LogP contribution >= 0.6 is 0 Å². The van der Waals surface area contributed by atoms with Crippen molar-refractivity contribution in [2.24, 2.45) is 0 Å². The van der Waals surface area contributed by atoms with Gasteiger partial charge in [0.25, 0.3) is 5.91 Å². The maximum atomic E-state index is 13.4. The Morgan fingerprint density at radius 2 is 1.97 bits per heavy atom. The quantitative estimate of drug-likeness (QED) is 0.539. The van der Waals surface area contributed by atoms with Crippen molar-refractivity contribution in [2.45, 2.75) is 31.6 Å². The first-order valence-electron chi connectivity index (χ1n) is 11.5. The van der Waals surface area contributed by atoms with Gasteiger partial charge in [-0.25, -0.2) is 9.97 Å². The molecule has 2 aromatic rings. The molecule has 1 saturated heterocycles. The van der Waals surface area contributed by atoms with E-state index < -0.39 is 0 Å². The van der Waals surface area contributed by atoms with Crippen LogP contribution in [0, 0.1) is 0 Å². The topological polar surface area (TPSA) is 77.0 Å². The zero-order valence-electron chi connectivity index (χ0n) is 19.4. The number of methoxy groups -OCH3 is 2. The van der Waals surface area contributed by atoms with Crippen LogP contribution in [-0.4, -0.2) is 72.7 Å². The van der Waals surface area contributed by atoms with Crippen molar-refractivity contribution in [1.29, 1.82) is 0 Å². The number of fused-ring (bicyclic) bond motifs is 1. The first-order valence-corrected chi connectivity index (χ1v) is 11.5. The summed E-state index contributed by atoms with van der Waals surface area (Å²) in [6.45, 7) is 3.99. The number of aromatic nitrogens is 2. The van der Waals surface area contributed by atoms with Gasteiger partial charge in [0.2, 0.25) is 0 Å². The summed E-state index contributed by atoms with van der Waals surface area (Å²) in [7, 11) is 3.21. The van der Waals surface area contributed by atoms with Crippen molar-refractivity contribution in [1.82, 2.24) is 19.8 Å². The fourth-order valence-electron chi connectivity index (χ4n) is 4.48. The molecule has 176 valence electrons. The lowest BCUT2D eigenvalue weighted by atomic mass is 9.97. The number of likely N-dealkylation sites (tertiary alicyclic amines) is 1. The lowest BCUT2D eigenvalue weighted by molar-refractivity contribution is 0.0770. The minimum Gasteiger partial charge on any atom is -0.497 e. The number of nitrogens with zero attached hydrogens (tertiary/aromatic N) is 4. The van der Waals surface area contributed by atoms with E-state index in [1.807, 2.05) is 18.5 Å². The average Bonchev–Trinajstić information content (AvgIpc) is 2.99. The number of hydrogen-bond donors (Lipinski definition) is 0. The second-order valence-corrected chi connectivity index (χ2v) is 8.43. The molecule has 8 heteroatoms. The predicted octanol–water partition coefficient (Wildman–Crippen LogP) is 3.47. The number of ether oxygens (including phenoxy) is 3. The zero-order chi connectivity index (χ0) is 23.0. The Labute approximate surface area is 195 Å². The van der Waals surface area contributed by atoms with Crippen molar-refractivity contribution in [3.8, 4) is 11.5 Å². The highest BCUT2D eigenvalue weighted by Gasteiger charge is 2.27. The van der Waals surface area contributed by atoms with E-state index in [4.69, 9.17) is 14.2 Å². The summed E-state index contributed by atoms with van der Waals surface area (Å²) >= 11 is 0. The maximum absolute atomic E-state index is 13.4. The van der Waals surface area contributed by atoms with E-state index in [0.717, 1.165) is 56.8 Å². The van der Waals surface area contributed by atoms with Crippen LogP contribution in [0.15, 0.2) is 48.6 Å². The normalized spacial score (nSPS) is 18.8. The molecule has 0 N–H and O–H groups in total. The molecule has 4 rings (SSSR count). The van der Waals surface area contributed by atoms with Crippen LogP contribution in [0.1, 0.15) is 47.8 Å². The molecular formula is C25H32N4O4. The van der Waals surface area contributed by atoms with Gasteiger partial charge in [-0.15, -0.1) is 0 Å². The molecule has 1 aromatic carbocycles. The summed E-state index contributed by atoms with van der Waals surface area (Å²) in [4.78, 5) is 26.5. The Morgan fingerprint density at radius 3 is 2.76 bits per heavy atom. The van der Waals surface area contributed by atoms with Gasteiger partial charge in [-0.05, 0) is 63.0 Å². The number of piperidine rings is 1. The fraction of sp³-hybridized carbons (Fsp3) is 0.480. The van der Waals surface area contributed by atoms with Crippen LogP contribution in [-0.2, 0) is 4.74 Å². The lowest BCUT2D eigenvalue weighted by Gasteiger charge is -2.32. The van der Waals surface area contributed by atoms with Gasteiger partial charge in [0.05, 0.1) is 25.0 Å². The number of carbonyl (C=O) groups excluding carboxylic acids is 1. The first kappa shape index (κ1) is 23.2. The van der Waals surface area contributed by atoms with Crippen LogP contribution in [0.5, 0.6) is 11.5 Å². The van der Waals surface area contributed by atoms with E-state index in [1.54, 1.807) is 43.6 Å². The molecule has 1 unspecified atom stereocenters. The first-order chi connectivity index (χ1) is 16.2. The number of unbranched alkanes of at least 4 members (excludes halogenated alkanes) is 1. The van der Waals surface area contributed by atoms with Gasteiger partial charge in [-0.1, -0.05) is 0 Å². The van der Waals surface area contributed by atoms with Crippen molar-refractivity contribution >= 4 is 5.91 Å². The van der Waals surface area contributed by atoms with Crippen LogP contribution in [0.2, 0.25) is 0 Å². The van der Waals surface area contributed by atoms with E-state index in [-0.39, 0.29) is 5.91 Å². The Morgan fingerprint density at radius 1 is 1.15 bits per heavy atom. The molecular weight excluding hydrogens is 420 g/mol. The molecule has 0 bridgehead atoms. The van der Waals surface area contributed by atoms with Crippen molar-refractivity contribution in [3.63, 3.8) is 0 Å². The van der Waals surface area contributed by atoms with Gasteiger partial charge in [0.1, 0.15) is 23.6 Å². The average molecular weight is 453 g/mol. The van der Waals surface area contributed by atoms with Gasteiger partial charge in [-0.2, -0.15) is 0 Å². The van der Waals surface area contributed by atoms with E-state index >= 15 is 0 Å². The minimum atomic E-state index is -0.0936.